The van der Waals surface area contributed by atoms with Gasteiger partial charge in [0, 0.05) is 6.04 Å². The third-order valence-electron chi connectivity index (χ3n) is 3.96. The number of phenols is 2. The zero-order valence-electron chi connectivity index (χ0n) is 11.3. The highest BCUT2D eigenvalue weighted by atomic mass is 16.3. The van der Waals surface area contributed by atoms with E-state index in [0.717, 1.165) is 36.9 Å². The lowest BCUT2D eigenvalue weighted by Gasteiger charge is -2.27. The van der Waals surface area contributed by atoms with Gasteiger partial charge < -0.3 is 15.5 Å². The summed E-state index contributed by atoms with van der Waals surface area (Å²) in [6.45, 7) is 0.913. The minimum absolute atomic E-state index is 0.0209. The van der Waals surface area contributed by atoms with Crippen molar-refractivity contribution in [2.45, 2.75) is 25.3 Å². The molecule has 0 saturated carbocycles. The Labute approximate surface area is 118 Å². The van der Waals surface area contributed by atoms with Gasteiger partial charge in [-0.3, -0.25) is 0 Å². The Kier molecular flexibility index (Phi) is 3.61. The van der Waals surface area contributed by atoms with Crippen LogP contribution >= 0.6 is 0 Å². The average molecular weight is 269 g/mol. The molecule has 0 bridgehead atoms. The van der Waals surface area contributed by atoms with Crippen molar-refractivity contribution < 1.29 is 10.2 Å². The predicted octanol–water partition coefficient (Wildman–Crippen LogP) is 2.92. The molecule has 0 unspecified atom stereocenters. The molecule has 0 aliphatic carbocycles. The van der Waals surface area contributed by atoms with Crippen LogP contribution in [0.1, 0.15) is 29.2 Å². The molecule has 104 valence electrons. The van der Waals surface area contributed by atoms with Gasteiger partial charge in [0.1, 0.15) is 0 Å². The smallest absolute Gasteiger partial charge is 0.157 e. The molecular weight excluding hydrogens is 250 g/mol. The normalized spacial score (nSPS) is 17.7. The second-order valence-corrected chi connectivity index (χ2v) is 5.32. The van der Waals surface area contributed by atoms with E-state index in [9.17, 15) is 10.2 Å². The van der Waals surface area contributed by atoms with Crippen molar-refractivity contribution in [1.82, 2.24) is 5.32 Å². The molecule has 3 nitrogen and oxygen atoms in total. The summed E-state index contributed by atoms with van der Waals surface area (Å²) in [5.74, 6) is -0.0513. The van der Waals surface area contributed by atoms with Gasteiger partial charge in [0.25, 0.3) is 0 Å². The summed E-state index contributed by atoms with van der Waals surface area (Å²) >= 11 is 0. The van der Waals surface area contributed by atoms with Gasteiger partial charge in [0.2, 0.25) is 0 Å². The molecular formula is C17H19NO2. The van der Waals surface area contributed by atoms with Crippen molar-refractivity contribution in [2.24, 2.45) is 0 Å². The Morgan fingerprint density at radius 3 is 2.60 bits per heavy atom. The van der Waals surface area contributed by atoms with Crippen LogP contribution in [0.25, 0.3) is 0 Å². The molecule has 1 aliphatic heterocycles. The first kappa shape index (κ1) is 13.0. The van der Waals surface area contributed by atoms with Gasteiger partial charge in [-0.25, -0.2) is 0 Å². The maximum Gasteiger partial charge on any atom is 0.157 e. The number of aryl methyl sites for hydroxylation is 1. The van der Waals surface area contributed by atoms with Gasteiger partial charge >= 0.3 is 0 Å². The number of phenolic OH excluding ortho intramolecular Hbond substituents is 2. The fraction of sp³-hybridized carbons (Fsp3) is 0.294. The standard InChI is InChI=1S/C17H19NO2/c19-16-10-13-8-9-18-15(14(13)11-17(16)20)7-6-12-4-2-1-3-5-12/h1-5,10-11,15,18-20H,6-9H2/t15-/m0/s1. The fourth-order valence-corrected chi connectivity index (χ4v) is 2.88. The average Bonchev–Trinajstić information content (AvgIpc) is 2.47. The summed E-state index contributed by atoms with van der Waals surface area (Å²) in [4.78, 5) is 0. The monoisotopic (exact) mass is 269 g/mol. The quantitative estimate of drug-likeness (QED) is 0.751. The van der Waals surface area contributed by atoms with Crippen LogP contribution in [0.4, 0.5) is 0 Å². The van der Waals surface area contributed by atoms with Gasteiger partial charge in [-0.05, 0) is 54.6 Å². The zero-order valence-corrected chi connectivity index (χ0v) is 11.3. The van der Waals surface area contributed by atoms with Crippen molar-refractivity contribution >= 4 is 0 Å². The van der Waals surface area contributed by atoms with Gasteiger partial charge in [0.15, 0.2) is 11.5 Å². The fourth-order valence-electron chi connectivity index (χ4n) is 2.88. The molecule has 3 heteroatoms. The van der Waals surface area contributed by atoms with E-state index in [0.29, 0.717) is 0 Å². The van der Waals surface area contributed by atoms with Crippen molar-refractivity contribution in [3.05, 3.63) is 59.2 Å². The molecule has 1 aliphatic rings. The molecule has 0 radical (unpaired) electrons. The summed E-state index contributed by atoms with van der Waals surface area (Å²) in [7, 11) is 0. The van der Waals surface area contributed by atoms with Crippen molar-refractivity contribution in [2.75, 3.05) is 6.54 Å². The largest absolute Gasteiger partial charge is 0.504 e. The van der Waals surface area contributed by atoms with Crippen LogP contribution in [0, 0.1) is 0 Å². The topological polar surface area (TPSA) is 52.5 Å². The van der Waals surface area contributed by atoms with Gasteiger partial charge in [0.05, 0.1) is 0 Å². The van der Waals surface area contributed by atoms with Gasteiger partial charge in [-0.1, -0.05) is 30.3 Å². The van der Waals surface area contributed by atoms with Crippen LogP contribution in [0.15, 0.2) is 42.5 Å². The SMILES string of the molecule is Oc1cc2c(cc1O)[C@H](CCc1ccccc1)NCC2. The maximum atomic E-state index is 9.70. The van der Waals surface area contributed by atoms with E-state index in [4.69, 9.17) is 0 Å². The number of fused-ring (bicyclic) bond motifs is 1. The predicted molar refractivity (Wildman–Crippen MR) is 79.0 cm³/mol. The summed E-state index contributed by atoms with van der Waals surface area (Å²) < 4.78 is 0. The van der Waals surface area contributed by atoms with Crippen LogP contribution in [0.3, 0.4) is 0 Å². The molecule has 2 aromatic carbocycles. The van der Waals surface area contributed by atoms with E-state index in [1.807, 2.05) is 6.07 Å². The molecule has 1 heterocycles. The zero-order chi connectivity index (χ0) is 13.9. The highest BCUT2D eigenvalue weighted by Crippen LogP contribution is 2.35. The Bertz CT molecular complexity index is 595. The van der Waals surface area contributed by atoms with Crippen molar-refractivity contribution in [3.63, 3.8) is 0 Å². The molecule has 3 N–H and O–H groups in total. The van der Waals surface area contributed by atoms with Gasteiger partial charge in [-0.15, -0.1) is 0 Å². The molecule has 0 amide bonds. The van der Waals surface area contributed by atoms with Gasteiger partial charge in [-0.2, -0.15) is 0 Å². The number of hydrogen-bond acceptors (Lipinski definition) is 3. The third kappa shape index (κ3) is 2.63. The van der Waals surface area contributed by atoms with E-state index in [2.05, 4.69) is 29.6 Å². The van der Waals surface area contributed by atoms with E-state index in [1.165, 1.54) is 5.56 Å². The summed E-state index contributed by atoms with van der Waals surface area (Å²) in [6.07, 6.45) is 2.88. The van der Waals surface area contributed by atoms with E-state index in [-0.39, 0.29) is 17.5 Å². The molecule has 0 saturated heterocycles. The van der Waals surface area contributed by atoms with Crippen LogP contribution < -0.4 is 5.32 Å². The van der Waals surface area contributed by atoms with Crippen molar-refractivity contribution in [3.8, 4) is 11.5 Å². The molecule has 2 aromatic rings. The van der Waals surface area contributed by atoms with Crippen LogP contribution in [0.5, 0.6) is 11.5 Å². The van der Waals surface area contributed by atoms with Crippen LogP contribution in [-0.2, 0) is 12.8 Å². The number of aromatic hydroxyl groups is 2. The Morgan fingerprint density at radius 2 is 1.80 bits per heavy atom. The number of nitrogens with one attached hydrogen (secondary N) is 1. The van der Waals surface area contributed by atoms with Crippen LogP contribution in [-0.4, -0.2) is 16.8 Å². The maximum absolute atomic E-state index is 9.70. The highest BCUT2D eigenvalue weighted by Gasteiger charge is 2.21. The van der Waals surface area contributed by atoms with Crippen LogP contribution in [0.2, 0.25) is 0 Å². The first-order valence-corrected chi connectivity index (χ1v) is 7.06. The Morgan fingerprint density at radius 1 is 1.05 bits per heavy atom. The molecule has 3 rings (SSSR count). The lowest BCUT2D eigenvalue weighted by atomic mass is 9.90. The first-order chi connectivity index (χ1) is 9.74. The number of hydrogen-bond donors (Lipinski definition) is 3. The van der Waals surface area contributed by atoms with E-state index in [1.54, 1.807) is 12.1 Å². The minimum atomic E-state index is -0.0304. The second-order valence-electron chi connectivity index (χ2n) is 5.32. The molecule has 0 spiro atoms. The highest BCUT2D eigenvalue weighted by molar-refractivity contribution is 5.47. The summed E-state index contributed by atoms with van der Waals surface area (Å²) in [5.41, 5.74) is 3.57. The summed E-state index contributed by atoms with van der Waals surface area (Å²) in [5, 5.41) is 22.8. The Hall–Kier alpha value is -2.00. The third-order valence-corrected chi connectivity index (χ3v) is 3.96. The number of rotatable bonds is 3. The van der Waals surface area contributed by atoms with Crippen molar-refractivity contribution in [1.29, 1.82) is 0 Å². The first-order valence-electron chi connectivity index (χ1n) is 7.06. The van der Waals surface area contributed by atoms with E-state index < -0.39 is 0 Å². The number of benzene rings is 2. The second kappa shape index (κ2) is 5.55. The minimum Gasteiger partial charge on any atom is -0.504 e. The summed E-state index contributed by atoms with van der Waals surface area (Å²) in [6, 6.07) is 14.1. The molecule has 20 heavy (non-hydrogen) atoms. The Balaban J connectivity index is 1.78. The molecule has 0 aromatic heterocycles. The molecule has 0 fully saturated rings. The molecule has 1 atom stereocenters. The lowest BCUT2D eigenvalue weighted by molar-refractivity contribution is 0.397. The van der Waals surface area contributed by atoms with E-state index >= 15 is 0 Å². The lowest BCUT2D eigenvalue weighted by Crippen LogP contribution is -2.30.